The average molecular weight is 473 g/mol. The van der Waals surface area contributed by atoms with Crippen molar-refractivity contribution in [3.8, 4) is 0 Å². The summed E-state index contributed by atoms with van der Waals surface area (Å²) in [5, 5.41) is 25.1. The van der Waals surface area contributed by atoms with Gasteiger partial charge in [0, 0.05) is 24.7 Å². The highest BCUT2D eigenvalue weighted by Gasteiger charge is 2.27. The summed E-state index contributed by atoms with van der Waals surface area (Å²) in [6.07, 6.45) is 4.48. The number of carbonyl (C=O) groups is 5. The van der Waals surface area contributed by atoms with E-state index in [0.717, 1.165) is 0 Å². The molecular weight excluding hydrogens is 444 g/mol. The molecule has 178 valence electrons. The molecule has 1 heterocycles. The minimum absolute atomic E-state index is 0.0124. The molecule has 14 heteroatoms. The Hall–Kier alpha value is -3.13. The van der Waals surface area contributed by atoms with Gasteiger partial charge < -0.3 is 36.9 Å². The first-order valence-electron chi connectivity index (χ1n) is 9.67. The van der Waals surface area contributed by atoms with E-state index >= 15 is 0 Å². The number of aromatic nitrogens is 2. The van der Waals surface area contributed by atoms with Crippen LogP contribution in [0.25, 0.3) is 0 Å². The third-order valence-corrected chi connectivity index (χ3v) is 4.93. The van der Waals surface area contributed by atoms with Crippen molar-refractivity contribution in [3.63, 3.8) is 0 Å². The summed E-state index contributed by atoms with van der Waals surface area (Å²) in [4.78, 5) is 65.5. The Morgan fingerprint density at radius 1 is 1.12 bits per heavy atom. The van der Waals surface area contributed by atoms with Gasteiger partial charge in [0.25, 0.3) is 0 Å². The first-order chi connectivity index (χ1) is 15.1. The van der Waals surface area contributed by atoms with Gasteiger partial charge in [-0.25, -0.2) is 9.78 Å². The molecule has 0 saturated carbocycles. The maximum absolute atomic E-state index is 12.7. The second kappa shape index (κ2) is 14.0. The van der Waals surface area contributed by atoms with Gasteiger partial charge in [0.05, 0.1) is 18.9 Å². The summed E-state index contributed by atoms with van der Waals surface area (Å²) in [5.74, 6) is -3.90. The van der Waals surface area contributed by atoms with Gasteiger partial charge in [-0.05, 0) is 24.9 Å². The first-order valence-corrected chi connectivity index (χ1v) is 11.1. The number of rotatable bonds is 15. The maximum atomic E-state index is 12.7. The van der Waals surface area contributed by atoms with Crippen molar-refractivity contribution in [3.05, 3.63) is 18.2 Å². The highest BCUT2D eigenvalue weighted by atomic mass is 32.2. The van der Waals surface area contributed by atoms with E-state index in [4.69, 9.17) is 10.8 Å². The van der Waals surface area contributed by atoms with E-state index < -0.39 is 54.3 Å². The third kappa shape index (κ3) is 10.3. The van der Waals surface area contributed by atoms with Crippen LogP contribution >= 0.6 is 11.8 Å². The molecule has 0 aliphatic rings. The number of aromatic amines is 1. The molecule has 32 heavy (non-hydrogen) atoms. The van der Waals surface area contributed by atoms with E-state index in [1.165, 1.54) is 24.3 Å². The van der Waals surface area contributed by atoms with Gasteiger partial charge in [-0.2, -0.15) is 11.8 Å². The summed E-state index contributed by atoms with van der Waals surface area (Å²) in [6, 6.07) is -3.35. The summed E-state index contributed by atoms with van der Waals surface area (Å²) in [7, 11) is 0. The number of aliphatic carboxylic acids is 2. The predicted octanol–water partition coefficient (Wildman–Crippen LogP) is -1.93. The number of carboxylic acid groups (broad SMARTS) is 2. The molecule has 0 aliphatic heterocycles. The highest BCUT2D eigenvalue weighted by Crippen LogP contribution is 2.04. The summed E-state index contributed by atoms with van der Waals surface area (Å²) in [5.41, 5.74) is 6.10. The van der Waals surface area contributed by atoms with Crippen LogP contribution in [-0.2, 0) is 30.4 Å². The molecule has 1 aromatic rings. The van der Waals surface area contributed by atoms with Gasteiger partial charge in [-0.15, -0.1) is 0 Å². The smallest absolute Gasteiger partial charge is 0.326 e. The van der Waals surface area contributed by atoms with Crippen molar-refractivity contribution >= 4 is 41.4 Å². The van der Waals surface area contributed by atoms with Gasteiger partial charge >= 0.3 is 11.9 Å². The Balaban J connectivity index is 2.72. The molecular formula is C18H28N6O7S. The van der Waals surface area contributed by atoms with E-state index in [9.17, 15) is 29.1 Å². The monoisotopic (exact) mass is 472 g/mol. The maximum Gasteiger partial charge on any atom is 0.326 e. The van der Waals surface area contributed by atoms with Crippen LogP contribution in [0, 0.1) is 0 Å². The SMILES string of the molecule is CSCCC(NC(=O)C(Cc1cnc[nH]1)NC(=O)CNC(=O)C(N)CCC(=O)O)C(=O)O. The molecule has 13 nitrogen and oxygen atoms in total. The zero-order chi connectivity index (χ0) is 24.1. The van der Waals surface area contributed by atoms with E-state index in [1.807, 2.05) is 6.26 Å². The zero-order valence-electron chi connectivity index (χ0n) is 17.5. The number of carboxylic acids is 2. The fraction of sp³-hybridized carbons (Fsp3) is 0.556. The van der Waals surface area contributed by atoms with Gasteiger partial charge in [0.15, 0.2) is 0 Å². The molecule has 1 rings (SSSR count). The van der Waals surface area contributed by atoms with Crippen molar-refractivity contribution in [1.82, 2.24) is 25.9 Å². The lowest BCUT2D eigenvalue weighted by atomic mass is 10.1. The van der Waals surface area contributed by atoms with E-state index in [1.54, 1.807) is 0 Å². The lowest BCUT2D eigenvalue weighted by molar-refractivity contribution is -0.142. The molecule has 3 amide bonds. The van der Waals surface area contributed by atoms with Crippen molar-refractivity contribution < 1.29 is 34.2 Å². The molecule has 3 atom stereocenters. The standard InChI is InChI=1S/C18H28N6O7S/c1-32-5-4-12(18(30)31)24-17(29)13(6-10-7-20-9-22-10)23-14(25)8-21-16(28)11(19)2-3-15(26)27/h7,9,11-13H,2-6,8,19H2,1H3,(H,20,22)(H,21,28)(H,23,25)(H,24,29)(H,26,27)(H,30,31). The largest absolute Gasteiger partial charge is 0.481 e. The molecule has 3 unspecified atom stereocenters. The number of amides is 3. The number of hydrogen-bond donors (Lipinski definition) is 7. The topological polar surface area (TPSA) is 217 Å². The summed E-state index contributed by atoms with van der Waals surface area (Å²) in [6.45, 7) is -0.499. The second-order valence-electron chi connectivity index (χ2n) is 6.84. The second-order valence-corrected chi connectivity index (χ2v) is 7.82. The van der Waals surface area contributed by atoms with Crippen LogP contribution in [0.5, 0.6) is 0 Å². The molecule has 1 aromatic heterocycles. The van der Waals surface area contributed by atoms with Crippen LogP contribution in [0.15, 0.2) is 12.5 Å². The van der Waals surface area contributed by atoms with Crippen molar-refractivity contribution in [1.29, 1.82) is 0 Å². The Bertz CT molecular complexity index is 789. The lowest BCUT2D eigenvalue weighted by Crippen LogP contribution is -2.54. The predicted molar refractivity (Wildman–Crippen MR) is 115 cm³/mol. The van der Waals surface area contributed by atoms with Crippen molar-refractivity contribution in [2.75, 3.05) is 18.6 Å². The number of H-pyrrole nitrogens is 1. The average Bonchev–Trinajstić information content (AvgIpc) is 3.25. The van der Waals surface area contributed by atoms with Crippen LogP contribution in [0.2, 0.25) is 0 Å². The molecule has 0 bridgehead atoms. The molecule has 0 radical (unpaired) electrons. The number of nitrogens with zero attached hydrogens (tertiary/aromatic N) is 1. The molecule has 0 spiro atoms. The van der Waals surface area contributed by atoms with Crippen LogP contribution in [0.1, 0.15) is 25.0 Å². The van der Waals surface area contributed by atoms with Crippen LogP contribution < -0.4 is 21.7 Å². The Labute approximate surface area is 188 Å². The Kier molecular flexibility index (Phi) is 11.8. The molecule has 0 aliphatic carbocycles. The number of carbonyl (C=O) groups excluding carboxylic acids is 3. The van der Waals surface area contributed by atoms with Crippen LogP contribution in [0.4, 0.5) is 0 Å². The Morgan fingerprint density at radius 2 is 1.84 bits per heavy atom. The number of hydrogen-bond acceptors (Lipinski definition) is 8. The summed E-state index contributed by atoms with van der Waals surface area (Å²) < 4.78 is 0. The summed E-state index contributed by atoms with van der Waals surface area (Å²) >= 11 is 1.43. The fourth-order valence-electron chi connectivity index (χ4n) is 2.54. The fourth-order valence-corrected chi connectivity index (χ4v) is 3.02. The van der Waals surface area contributed by atoms with E-state index in [-0.39, 0.29) is 25.7 Å². The molecule has 0 saturated heterocycles. The van der Waals surface area contributed by atoms with E-state index in [2.05, 4.69) is 25.9 Å². The van der Waals surface area contributed by atoms with Gasteiger partial charge in [-0.3, -0.25) is 19.2 Å². The Morgan fingerprint density at radius 3 is 2.41 bits per heavy atom. The van der Waals surface area contributed by atoms with Crippen LogP contribution in [-0.4, -0.2) is 86.5 Å². The molecule has 8 N–H and O–H groups in total. The first kappa shape index (κ1) is 26.9. The van der Waals surface area contributed by atoms with E-state index in [0.29, 0.717) is 11.4 Å². The number of thioether (sulfide) groups is 1. The van der Waals surface area contributed by atoms with Gasteiger partial charge in [0.1, 0.15) is 12.1 Å². The number of nitrogens with two attached hydrogens (primary N) is 1. The van der Waals surface area contributed by atoms with Crippen molar-refractivity contribution in [2.24, 2.45) is 5.73 Å². The van der Waals surface area contributed by atoms with Gasteiger partial charge in [0.2, 0.25) is 17.7 Å². The lowest BCUT2D eigenvalue weighted by Gasteiger charge is -2.21. The minimum Gasteiger partial charge on any atom is -0.481 e. The normalized spacial score (nSPS) is 13.4. The van der Waals surface area contributed by atoms with Crippen molar-refractivity contribution in [2.45, 2.75) is 43.8 Å². The number of imidazole rings is 1. The van der Waals surface area contributed by atoms with Gasteiger partial charge in [-0.1, -0.05) is 0 Å². The highest BCUT2D eigenvalue weighted by molar-refractivity contribution is 7.98. The number of nitrogens with one attached hydrogen (secondary N) is 4. The zero-order valence-corrected chi connectivity index (χ0v) is 18.3. The minimum atomic E-state index is -1.19. The molecule has 0 fully saturated rings. The third-order valence-electron chi connectivity index (χ3n) is 4.28. The molecule has 0 aromatic carbocycles. The quantitative estimate of drug-likeness (QED) is 0.150. The van der Waals surface area contributed by atoms with Crippen LogP contribution in [0.3, 0.4) is 0 Å².